The fourth-order valence-electron chi connectivity index (χ4n) is 10.8. The van der Waals surface area contributed by atoms with Crippen LogP contribution in [0.1, 0.15) is 76.3 Å². The van der Waals surface area contributed by atoms with Crippen LogP contribution in [-0.2, 0) is 15.0 Å². The fourth-order valence-corrected chi connectivity index (χ4v) is 10.8. The summed E-state index contributed by atoms with van der Waals surface area (Å²) in [6.07, 6.45) is 7.78. The Balaban J connectivity index is 1.19. The van der Waals surface area contributed by atoms with Crippen LogP contribution in [0.3, 0.4) is 0 Å². The van der Waals surface area contributed by atoms with Crippen LogP contribution >= 0.6 is 0 Å². The number of carbonyl (C=O) groups excluding carboxylic acids is 2. The number of hydrogen-bond acceptors (Lipinski definition) is 5. The number of fused-ring (bicyclic) bond motifs is 6. The number of benzene rings is 3. The average molecular weight is 580 g/mol. The molecule has 4 aliphatic carbocycles. The Morgan fingerprint density at radius 1 is 0.727 bits per heavy atom. The van der Waals surface area contributed by atoms with Crippen LogP contribution in [0, 0.1) is 16.2 Å². The largest absolute Gasteiger partial charge is 0.437 e. The summed E-state index contributed by atoms with van der Waals surface area (Å²) in [5.74, 6) is 0.0118. The van der Waals surface area contributed by atoms with Gasteiger partial charge >= 0.3 is 0 Å². The molecule has 0 bridgehead atoms. The lowest BCUT2D eigenvalue weighted by molar-refractivity contribution is -0.129. The van der Waals surface area contributed by atoms with Crippen molar-refractivity contribution in [1.29, 1.82) is 0 Å². The van der Waals surface area contributed by atoms with Crippen molar-refractivity contribution in [3.8, 4) is 22.4 Å². The second-order valence-corrected chi connectivity index (χ2v) is 14.3. The van der Waals surface area contributed by atoms with E-state index in [-0.39, 0.29) is 28.6 Å². The highest BCUT2D eigenvalue weighted by molar-refractivity contribution is 6.29. The van der Waals surface area contributed by atoms with Crippen LogP contribution in [0.5, 0.6) is 0 Å². The molecule has 2 aromatic heterocycles. The molecular formula is C38H33N3O3. The fraction of sp³-hybridized carbons (Fsp3) is 0.368. The van der Waals surface area contributed by atoms with Gasteiger partial charge in [-0.15, -0.1) is 0 Å². The van der Waals surface area contributed by atoms with Crippen LogP contribution in [0.2, 0.25) is 0 Å². The van der Waals surface area contributed by atoms with Gasteiger partial charge in [0, 0.05) is 21.8 Å². The van der Waals surface area contributed by atoms with Crippen LogP contribution in [0.4, 0.5) is 5.95 Å². The van der Waals surface area contributed by atoms with Gasteiger partial charge in [0.1, 0.15) is 5.58 Å². The van der Waals surface area contributed by atoms with Crippen molar-refractivity contribution in [3.05, 3.63) is 77.9 Å². The highest BCUT2D eigenvalue weighted by atomic mass is 16.3. The van der Waals surface area contributed by atoms with Gasteiger partial charge in [0.15, 0.2) is 0 Å². The third-order valence-electron chi connectivity index (χ3n) is 12.5. The number of para-hydroxylation sites is 1. The molecule has 218 valence electrons. The minimum Gasteiger partial charge on any atom is -0.437 e. The number of carbonyl (C=O) groups is 2. The molecule has 0 N–H and O–H groups in total. The van der Waals surface area contributed by atoms with Gasteiger partial charge in [0.2, 0.25) is 23.5 Å². The first-order valence-corrected chi connectivity index (χ1v) is 16.2. The maximum absolute atomic E-state index is 14.6. The van der Waals surface area contributed by atoms with E-state index in [9.17, 15) is 9.59 Å². The van der Waals surface area contributed by atoms with Gasteiger partial charge < -0.3 is 4.42 Å². The summed E-state index contributed by atoms with van der Waals surface area (Å²) in [6.45, 7) is 4.53. The zero-order valence-electron chi connectivity index (χ0n) is 25.1. The van der Waals surface area contributed by atoms with Gasteiger partial charge in [0.25, 0.3) is 0 Å². The maximum atomic E-state index is 14.6. The molecule has 2 amide bonds. The average Bonchev–Trinajstić information content (AvgIpc) is 3.18. The molecular weight excluding hydrogens is 546 g/mol. The number of piperidine rings is 1. The number of rotatable bonds is 2. The first-order chi connectivity index (χ1) is 21.4. The molecule has 3 saturated carbocycles. The lowest BCUT2D eigenvalue weighted by Crippen LogP contribution is -2.45. The third kappa shape index (κ3) is 2.53. The second-order valence-electron chi connectivity index (χ2n) is 14.3. The molecule has 1 aliphatic heterocycles. The Hall–Kier alpha value is -4.32. The highest BCUT2D eigenvalue weighted by Crippen LogP contribution is 2.91. The first kappa shape index (κ1) is 25.1. The summed E-state index contributed by atoms with van der Waals surface area (Å²) in [6, 6.07) is 23.0. The Bertz CT molecular complexity index is 2100. The number of anilines is 1. The van der Waals surface area contributed by atoms with Crippen molar-refractivity contribution in [2.24, 2.45) is 16.2 Å². The summed E-state index contributed by atoms with van der Waals surface area (Å²) in [7, 11) is 0. The number of hydrogen-bond donors (Lipinski definition) is 0. The topological polar surface area (TPSA) is 76.3 Å². The van der Waals surface area contributed by atoms with Crippen molar-refractivity contribution < 1.29 is 14.0 Å². The second kappa shape index (κ2) is 7.84. The van der Waals surface area contributed by atoms with E-state index in [4.69, 9.17) is 14.4 Å². The lowest BCUT2D eigenvalue weighted by atomic mass is 9.73. The molecule has 44 heavy (non-hydrogen) atoms. The van der Waals surface area contributed by atoms with E-state index >= 15 is 0 Å². The predicted molar refractivity (Wildman–Crippen MR) is 169 cm³/mol. The minimum absolute atomic E-state index is 0.0731. The number of aromatic nitrogens is 2. The van der Waals surface area contributed by atoms with Crippen molar-refractivity contribution in [3.63, 3.8) is 0 Å². The van der Waals surface area contributed by atoms with Gasteiger partial charge in [0.05, 0.1) is 21.9 Å². The van der Waals surface area contributed by atoms with E-state index < -0.39 is 10.8 Å². The molecule has 3 spiro atoms. The summed E-state index contributed by atoms with van der Waals surface area (Å²) in [5.41, 5.74) is 6.27. The maximum Gasteiger partial charge on any atom is 0.244 e. The molecule has 5 aromatic rings. The molecule has 6 heteroatoms. The van der Waals surface area contributed by atoms with Crippen LogP contribution in [0.25, 0.3) is 44.5 Å². The quantitative estimate of drug-likeness (QED) is 0.197. The Kier molecular flexibility index (Phi) is 4.47. The van der Waals surface area contributed by atoms with Gasteiger partial charge in [-0.2, -0.15) is 4.98 Å². The van der Waals surface area contributed by atoms with Crippen LogP contribution in [-0.4, -0.2) is 21.8 Å². The summed E-state index contributed by atoms with van der Waals surface area (Å²) in [4.78, 5) is 40.5. The molecule has 2 unspecified atom stereocenters. The van der Waals surface area contributed by atoms with E-state index in [2.05, 4.69) is 56.3 Å². The summed E-state index contributed by atoms with van der Waals surface area (Å²) < 4.78 is 6.32. The van der Waals surface area contributed by atoms with Crippen molar-refractivity contribution in [2.75, 3.05) is 4.90 Å². The third-order valence-corrected chi connectivity index (χ3v) is 12.5. The Morgan fingerprint density at radius 3 is 2.16 bits per heavy atom. The first-order valence-electron chi connectivity index (χ1n) is 16.2. The van der Waals surface area contributed by atoms with Crippen LogP contribution in [0.15, 0.2) is 71.1 Å². The molecule has 0 radical (unpaired) electrons. The molecule has 5 aliphatic rings. The van der Waals surface area contributed by atoms with Crippen molar-refractivity contribution in [1.82, 2.24) is 9.97 Å². The van der Waals surface area contributed by atoms with Gasteiger partial charge in [-0.3, -0.25) is 9.59 Å². The molecule has 1 saturated heterocycles. The van der Waals surface area contributed by atoms with Crippen LogP contribution < -0.4 is 4.90 Å². The monoisotopic (exact) mass is 579 g/mol. The van der Waals surface area contributed by atoms with Gasteiger partial charge in [-0.05, 0) is 60.1 Å². The van der Waals surface area contributed by atoms with E-state index in [1.54, 1.807) is 0 Å². The number of nitrogens with zero attached hydrogens (tertiary/aromatic N) is 3. The SMILES string of the molecule is CC1(C)c2ccccc2-c2ccc(-c3nc(N4C(=O)C56CCCCC57CCCCC76C4=O)nc4oc5ccccc5c34)cc21. The molecule has 6 nitrogen and oxygen atoms in total. The molecule has 3 aromatic carbocycles. The van der Waals surface area contributed by atoms with E-state index in [0.29, 0.717) is 17.0 Å². The standard InChI is InChI=1S/C38H33N3O3/c1-35(2)26-13-5-3-11-23(26)24-16-15-22(21-27(24)35)30-29-25-12-4-6-14-28(25)44-31(29)40-34(39-30)41-32(42)37-19-9-7-17-36(37)18-8-10-20-38(36,37)33(41)43/h3-6,11-16,21H,7-10,17-20H2,1-2H3. The van der Waals surface area contributed by atoms with Crippen molar-refractivity contribution >= 4 is 39.8 Å². The number of amides is 2. The van der Waals surface area contributed by atoms with E-state index in [0.717, 1.165) is 67.7 Å². The Morgan fingerprint density at radius 2 is 1.39 bits per heavy atom. The summed E-state index contributed by atoms with van der Waals surface area (Å²) in [5, 5.41) is 1.73. The number of furan rings is 1. The zero-order chi connectivity index (χ0) is 29.6. The molecule has 10 rings (SSSR count). The zero-order valence-corrected chi connectivity index (χ0v) is 25.1. The van der Waals surface area contributed by atoms with Gasteiger partial charge in [-0.25, -0.2) is 9.88 Å². The Labute approximate surface area is 255 Å². The predicted octanol–water partition coefficient (Wildman–Crippen LogP) is 8.34. The van der Waals surface area contributed by atoms with Gasteiger partial charge in [-0.1, -0.05) is 94.1 Å². The normalized spacial score (nSPS) is 29.4. The smallest absolute Gasteiger partial charge is 0.244 e. The molecule has 4 fully saturated rings. The van der Waals surface area contributed by atoms with E-state index in [1.807, 2.05) is 24.3 Å². The highest BCUT2D eigenvalue weighted by Gasteiger charge is 2.96. The van der Waals surface area contributed by atoms with E-state index in [1.165, 1.54) is 27.2 Å². The lowest BCUT2D eigenvalue weighted by Gasteiger charge is -2.35. The molecule has 3 heterocycles. The number of imide groups is 1. The minimum atomic E-state index is -0.582. The summed E-state index contributed by atoms with van der Waals surface area (Å²) >= 11 is 0. The molecule has 2 atom stereocenters. The van der Waals surface area contributed by atoms with Crippen molar-refractivity contribution in [2.45, 2.75) is 70.6 Å².